The molecule has 0 amide bonds. The van der Waals surface area contributed by atoms with Crippen molar-refractivity contribution >= 4 is 23.0 Å². The Labute approximate surface area is 166 Å². The Balaban J connectivity index is 1.44. The fraction of sp³-hybridized carbons (Fsp3) is 0.250. The van der Waals surface area contributed by atoms with Crippen LogP contribution in [0.4, 0.5) is 11.4 Å². The molecule has 27 heavy (non-hydrogen) atoms. The Morgan fingerprint density at radius 3 is 2.33 bits per heavy atom. The molecule has 4 rings (SSSR count). The van der Waals surface area contributed by atoms with Crippen LogP contribution in [0.15, 0.2) is 72.8 Å². The van der Waals surface area contributed by atoms with Gasteiger partial charge >= 0.3 is 0 Å². The lowest BCUT2D eigenvalue weighted by Crippen LogP contribution is -2.34. The molecule has 0 aromatic heterocycles. The number of benzene rings is 3. The topological polar surface area (TPSA) is 29.3 Å². The molecule has 1 heterocycles. The van der Waals surface area contributed by atoms with E-state index in [1.807, 2.05) is 18.2 Å². The maximum atomic E-state index is 6.40. The molecule has 0 radical (unpaired) electrons. The second-order valence-electron chi connectivity index (χ2n) is 7.37. The molecule has 0 saturated carbocycles. The van der Waals surface area contributed by atoms with Crippen molar-refractivity contribution < 1.29 is 0 Å². The predicted molar refractivity (Wildman–Crippen MR) is 116 cm³/mol. The molecule has 3 aromatic carbocycles. The van der Waals surface area contributed by atoms with E-state index in [4.69, 9.17) is 17.3 Å². The SMILES string of the molecule is Nc1ccc(N2CCC(Cc3ccccc3-c3ccccc3)CC2)c(Cl)c1. The summed E-state index contributed by atoms with van der Waals surface area (Å²) in [6.07, 6.45) is 3.50. The molecule has 0 unspecified atom stereocenters. The van der Waals surface area contributed by atoms with Crippen molar-refractivity contribution in [1.29, 1.82) is 0 Å². The van der Waals surface area contributed by atoms with Gasteiger partial charge in [0.1, 0.15) is 0 Å². The zero-order chi connectivity index (χ0) is 18.6. The second-order valence-corrected chi connectivity index (χ2v) is 7.78. The lowest BCUT2D eigenvalue weighted by Gasteiger charge is -2.34. The van der Waals surface area contributed by atoms with Crippen molar-refractivity contribution in [1.82, 2.24) is 0 Å². The van der Waals surface area contributed by atoms with E-state index >= 15 is 0 Å². The first-order valence-corrected chi connectivity index (χ1v) is 10.0. The average molecular weight is 377 g/mol. The summed E-state index contributed by atoms with van der Waals surface area (Å²) < 4.78 is 0. The molecule has 1 aliphatic heterocycles. The van der Waals surface area contributed by atoms with Crippen molar-refractivity contribution in [2.45, 2.75) is 19.3 Å². The summed E-state index contributed by atoms with van der Waals surface area (Å²) >= 11 is 6.40. The van der Waals surface area contributed by atoms with Gasteiger partial charge in [0.05, 0.1) is 10.7 Å². The predicted octanol–water partition coefficient (Wildman–Crippen LogP) is 6.05. The van der Waals surface area contributed by atoms with Crippen LogP contribution in [0.1, 0.15) is 18.4 Å². The highest BCUT2D eigenvalue weighted by molar-refractivity contribution is 6.33. The van der Waals surface area contributed by atoms with E-state index in [1.165, 1.54) is 29.5 Å². The normalized spacial score (nSPS) is 15.1. The number of hydrogen-bond donors (Lipinski definition) is 1. The van der Waals surface area contributed by atoms with Gasteiger partial charge in [0.25, 0.3) is 0 Å². The third-order valence-electron chi connectivity index (χ3n) is 5.54. The number of halogens is 1. The molecule has 1 saturated heterocycles. The number of nitrogens with zero attached hydrogens (tertiary/aromatic N) is 1. The molecule has 138 valence electrons. The van der Waals surface area contributed by atoms with E-state index in [9.17, 15) is 0 Å². The summed E-state index contributed by atoms with van der Waals surface area (Å²) in [6.45, 7) is 2.09. The highest BCUT2D eigenvalue weighted by Gasteiger charge is 2.22. The third-order valence-corrected chi connectivity index (χ3v) is 5.84. The van der Waals surface area contributed by atoms with Crippen LogP contribution in [0.25, 0.3) is 11.1 Å². The van der Waals surface area contributed by atoms with Crippen molar-refractivity contribution in [3.63, 3.8) is 0 Å². The van der Waals surface area contributed by atoms with Gasteiger partial charge in [-0.2, -0.15) is 0 Å². The van der Waals surface area contributed by atoms with Crippen LogP contribution < -0.4 is 10.6 Å². The van der Waals surface area contributed by atoms with E-state index in [0.717, 1.165) is 35.9 Å². The second kappa shape index (κ2) is 8.06. The first-order chi connectivity index (χ1) is 13.2. The molecule has 0 bridgehead atoms. The summed E-state index contributed by atoms with van der Waals surface area (Å²) in [4.78, 5) is 2.39. The summed E-state index contributed by atoms with van der Waals surface area (Å²) in [5, 5.41) is 0.753. The van der Waals surface area contributed by atoms with Gasteiger partial charge in [0.2, 0.25) is 0 Å². The third kappa shape index (κ3) is 4.12. The number of piperidine rings is 1. The van der Waals surface area contributed by atoms with Crippen LogP contribution in [0.3, 0.4) is 0 Å². The van der Waals surface area contributed by atoms with E-state index < -0.39 is 0 Å². The van der Waals surface area contributed by atoms with Crippen LogP contribution in [0, 0.1) is 5.92 Å². The minimum absolute atomic E-state index is 0.707. The maximum absolute atomic E-state index is 6.40. The van der Waals surface area contributed by atoms with Crippen molar-refractivity contribution in [2.24, 2.45) is 5.92 Å². The Hall–Kier alpha value is -2.45. The smallest absolute Gasteiger partial charge is 0.0660 e. The van der Waals surface area contributed by atoms with E-state index in [-0.39, 0.29) is 0 Å². The Kier molecular flexibility index (Phi) is 5.35. The van der Waals surface area contributed by atoms with E-state index in [1.54, 1.807) is 0 Å². The highest BCUT2D eigenvalue weighted by atomic mass is 35.5. The van der Waals surface area contributed by atoms with Gasteiger partial charge in [-0.25, -0.2) is 0 Å². The minimum Gasteiger partial charge on any atom is -0.399 e. The first-order valence-electron chi connectivity index (χ1n) is 9.64. The molecular weight excluding hydrogens is 352 g/mol. The zero-order valence-corrected chi connectivity index (χ0v) is 16.2. The molecule has 1 fully saturated rings. The van der Waals surface area contributed by atoms with Crippen LogP contribution in [-0.2, 0) is 6.42 Å². The fourth-order valence-corrected chi connectivity index (χ4v) is 4.37. The van der Waals surface area contributed by atoms with Gasteiger partial charge in [0, 0.05) is 18.8 Å². The molecule has 0 spiro atoms. The summed E-state index contributed by atoms with van der Waals surface area (Å²) in [5.74, 6) is 0.707. The van der Waals surface area contributed by atoms with Gasteiger partial charge < -0.3 is 10.6 Å². The van der Waals surface area contributed by atoms with Gasteiger partial charge in [-0.15, -0.1) is 0 Å². The number of nitrogen functional groups attached to an aromatic ring is 1. The summed E-state index contributed by atoms with van der Waals surface area (Å²) in [5.41, 5.74) is 11.8. The van der Waals surface area contributed by atoms with Gasteiger partial charge in [-0.3, -0.25) is 0 Å². The first kappa shape index (κ1) is 17.9. The quantitative estimate of drug-likeness (QED) is 0.561. The monoisotopic (exact) mass is 376 g/mol. The molecule has 3 aromatic rings. The molecule has 1 aliphatic rings. The molecule has 0 aliphatic carbocycles. The van der Waals surface area contributed by atoms with Crippen LogP contribution in [0.5, 0.6) is 0 Å². The Morgan fingerprint density at radius 2 is 1.59 bits per heavy atom. The van der Waals surface area contributed by atoms with Crippen LogP contribution in [-0.4, -0.2) is 13.1 Å². The molecule has 0 atom stereocenters. The van der Waals surface area contributed by atoms with Crippen molar-refractivity contribution in [3.8, 4) is 11.1 Å². The van der Waals surface area contributed by atoms with E-state index in [0.29, 0.717) is 5.92 Å². The van der Waals surface area contributed by atoms with E-state index in [2.05, 4.69) is 59.5 Å². The molecule has 3 heteroatoms. The largest absolute Gasteiger partial charge is 0.399 e. The minimum atomic E-state index is 0.707. The maximum Gasteiger partial charge on any atom is 0.0660 e. The average Bonchev–Trinajstić information content (AvgIpc) is 2.70. The highest BCUT2D eigenvalue weighted by Crippen LogP contribution is 2.33. The van der Waals surface area contributed by atoms with Gasteiger partial charge in [-0.1, -0.05) is 66.2 Å². The summed E-state index contributed by atoms with van der Waals surface area (Å²) in [7, 11) is 0. The van der Waals surface area contributed by atoms with Crippen LogP contribution >= 0.6 is 11.6 Å². The van der Waals surface area contributed by atoms with Crippen molar-refractivity contribution in [3.05, 3.63) is 83.4 Å². The number of nitrogens with two attached hydrogens (primary N) is 1. The Morgan fingerprint density at radius 1 is 0.889 bits per heavy atom. The lowest BCUT2D eigenvalue weighted by atomic mass is 9.87. The van der Waals surface area contributed by atoms with Crippen molar-refractivity contribution in [2.75, 3.05) is 23.7 Å². The number of anilines is 2. The standard InChI is InChI=1S/C24H25ClN2/c25-23-17-21(26)10-11-24(23)27-14-12-18(13-15-27)16-20-8-4-5-9-22(20)19-6-2-1-3-7-19/h1-11,17-18H,12-16,26H2. The van der Waals surface area contributed by atoms with Crippen LogP contribution in [0.2, 0.25) is 5.02 Å². The summed E-state index contributed by atoms with van der Waals surface area (Å²) in [6, 6.07) is 25.3. The lowest BCUT2D eigenvalue weighted by molar-refractivity contribution is 0.404. The van der Waals surface area contributed by atoms with Gasteiger partial charge in [0.15, 0.2) is 0 Å². The molecular formula is C24H25ClN2. The molecule has 2 N–H and O–H groups in total. The Bertz CT molecular complexity index is 899. The fourth-order valence-electron chi connectivity index (χ4n) is 4.07. The zero-order valence-electron chi connectivity index (χ0n) is 15.4. The molecule has 2 nitrogen and oxygen atoms in total. The van der Waals surface area contributed by atoms with Gasteiger partial charge in [-0.05, 0) is 60.1 Å². The number of rotatable bonds is 4. The number of hydrogen-bond acceptors (Lipinski definition) is 2.